The number of fused-ring (bicyclic) bond motifs is 2. The van der Waals surface area contributed by atoms with E-state index in [2.05, 4.69) is 9.87 Å². The highest BCUT2D eigenvalue weighted by Gasteiger charge is 2.46. The minimum atomic E-state index is -1.03. The number of nitrogens with zero attached hydrogens (tertiary/aromatic N) is 2. The number of rotatable bonds is 1. The van der Waals surface area contributed by atoms with Crippen molar-refractivity contribution in [2.24, 2.45) is 0 Å². The number of hydrogen-bond acceptors (Lipinski definition) is 6. The maximum absolute atomic E-state index is 11.9. The normalized spacial score (nSPS) is 20.1. The third-order valence-electron chi connectivity index (χ3n) is 3.56. The van der Waals surface area contributed by atoms with E-state index in [-0.39, 0.29) is 11.3 Å². The third-order valence-corrected chi connectivity index (χ3v) is 3.56. The van der Waals surface area contributed by atoms with Crippen molar-refractivity contribution >= 4 is 5.97 Å². The van der Waals surface area contributed by atoms with Crippen LogP contribution in [0.2, 0.25) is 0 Å². The minimum Gasteiger partial charge on any atom is -0.365 e. The average Bonchev–Trinajstić information content (AvgIpc) is 2.35. The molecule has 0 bridgehead atoms. The summed E-state index contributed by atoms with van der Waals surface area (Å²) in [4.78, 5) is 30.9. The lowest BCUT2D eigenvalue weighted by Gasteiger charge is -2.44. The van der Waals surface area contributed by atoms with Gasteiger partial charge in [-0.1, -0.05) is 0 Å². The van der Waals surface area contributed by atoms with Crippen molar-refractivity contribution in [2.45, 2.75) is 31.4 Å². The zero-order valence-electron chi connectivity index (χ0n) is 9.59. The van der Waals surface area contributed by atoms with Gasteiger partial charge in [0.05, 0.1) is 13.2 Å². The van der Waals surface area contributed by atoms with Crippen LogP contribution < -0.4 is 5.56 Å². The van der Waals surface area contributed by atoms with Crippen molar-refractivity contribution in [2.75, 3.05) is 6.61 Å². The molecular formula is C11H12N2O5. The predicted octanol–water partition coefficient (Wildman–Crippen LogP) is 0.282. The molecule has 0 aromatic carbocycles. The van der Waals surface area contributed by atoms with Gasteiger partial charge < -0.3 is 4.74 Å². The number of ether oxygens (including phenoxy) is 1. The van der Waals surface area contributed by atoms with Gasteiger partial charge >= 0.3 is 5.97 Å². The van der Waals surface area contributed by atoms with Gasteiger partial charge in [-0.15, -0.1) is 0 Å². The maximum atomic E-state index is 11.9. The Morgan fingerprint density at radius 2 is 2.33 bits per heavy atom. The van der Waals surface area contributed by atoms with E-state index >= 15 is 0 Å². The molecule has 1 aromatic heterocycles. The molecule has 7 heteroatoms. The molecule has 0 amide bonds. The van der Waals surface area contributed by atoms with Crippen molar-refractivity contribution < 1.29 is 19.7 Å². The highest BCUT2D eigenvalue weighted by atomic mass is 17.1. The lowest BCUT2D eigenvalue weighted by molar-refractivity contribution is -0.183. The zero-order valence-corrected chi connectivity index (χ0v) is 9.59. The summed E-state index contributed by atoms with van der Waals surface area (Å²) in [5, 5.41) is 8.35. The molecule has 18 heavy (non-hydrogen) atoms. The van der Waals surface area contributed by atoms with Crippen LogP contribution in [0.3, 0.4) is 0 Å². The molecule has 1 spiro atoms. The first kappa shape index (κ1) is 11.4. The van der Waals surface area contributed by atoms with Crippen LogP contribution in [0.15, 0.2) is 10.9 Å². The van der Waals surface area contributed by atoms with Gasteiger partial charge in [0.25, 0.3) is 5.56 Å². The smallest absolute Gasteiger partial charge is 0.365 e. The van der Waals surface area contributed by atoms with Crippen LogP contribution in [0.25, 0.3) is 0 Å². The second kappa shape index (κ2) is 3.89. The summed E-state index contributed by atoms with van der Waals surface area (Å²) < 4.78 is 7.24. The van der Waals surface area contributed by atoms with Crippen LogP contribution in [-0.2, 0) is 21.8 Å². The third kappa shape index (κ3) is 1.48. The topological polar surface area (TPSA) is 90.7 Å². The Morgan fingerprint density at radius 3 is 2.94 bits per heavy atom. The van der Waals surface area contributed by atoms with Gasteiger partial charge in [0.15, 0.2) is 5.69 Å². The minimum absolute atomic E-state index is 0.189. The first-order chi connectivity index (χ1) is 8.66. The van der Waals surface area contributed by atoms with Crippen LogP contribution >= 0.6 is 0 Å². The molecule has 0 saturated heterocycles. The van der Waals surface area contributed by atoms with Gasteiger partial charge in [-0.25, -0.2) is 9.78 Å². The van der Waals surface area contributed by atoms with Crippen LogP contribution in [0, 0.1) is 0 Å². The molecule has 7 nitrogen and oxygen atoms in total. The maximum Gasteiger partial charge on any atom is 0.391 e. The molecule has 3 rings (SSSR count). The molecular weight excluding hydrogens is 240 g/mol. The molecule has 1 fully saturated rings. The van der Waals surface area contributed by atoms with E-state index in [1.807, 2.05) is 0 Å². The Kier molecular flexibility index (Phi) is 2.46. The summed E-state index contributed by atoms with van der Waals surface area (Å²) >= 11 is 0. The first-order valence-electron chi connectivity index (χ1n) is 5.78. The van der Waals surface area contributed by atoms with Gasteiger partial charge in [-0.05, 0) is 19.3 Å². The van der Waals surface area contributed by atoms with Gasteiger partial charge in [0, 0.05) is 6.07 Å². The Balaban J connectivity index is 2.15. The van der Waals surface area contributed by atoms with Crippen molar-refractivity contribution in [1.29, 1.82) is 0 Å². The lowest BCUT2D eigenvalue weighted by atomic mass is 9.78. The van der Waals surface area contributed by atoms with Gasteiger partial charge in [0.2, 0.25) is 0 Å². The van der Waals surface area contributed by atoms with Gasteiger partial charge in [0.1, 0.15) is 11.4 Å². The fourth-order valence-corrected chi connectivity index (χ4v) is 2.48. The number of aromatic nitrogens is 2. The van der Waals surface area contributed by atoms with E-state index in [1.165, 1.54) is 4.57 Å². The Hall–Kier alpha value is -1.73. The standard InChI is InChI=1S/C11H12N2O5/c14-8-6-7(9(15)18-16)12-10-11(2-1-3-11)17-5-4-13(8)10/h6,16H,1-5H2. The average molecular weight is 252 g/mol. The molecule has 2 aliphatic rings. The van der Waals surface area contributed by atoms with E-state index in [0.717, 1.165) is 25.3 Å². The molecule has 0 unspecified atom stereocenters. The molecule has 1 aliphatic heterocycles. The summed E-state index contributed by atoms with van der Waals surface area (Å²) in [5.74, 6) is -0.566. The summed E-state index contributed by atoms with van der Waals surface area (Å²) in [5.41, 5.74) is -1.05. The van der Waals surface area contributed by atoms with Crippen LogP contribution in [-0.4, -0.2) is 27.4 Å². The fourth-order valence-electron chi connectivity index (χ4n) is 2.48. The summed E-state index contributed by atoms with van der Waals surface area (Å²) in [6, 6.07) is 1.07. The Morgan fingerprint density at radius 1 is 1.56 bits per heavy atom. The molecule has 0 radical (unpaired) electrons. The predicted molar refractivity (Wildman–Crippen MR) is 58.0 cm³/mol. The SMILES string of the molecule is O=C(OO)c1cc(=O)n2c(n1)C1(CCC1)OCC2. The summed E-state index contributed by atoms with van der Waals surface area (Å²) in [7, 11) is 0. The number of hydrogen-bond donors (Lipinski definition) is 1. The molecule has 1 aromatic rings. The fraction of sp³-hybridized carbons (Fsp3) is 0.545. The van der Waals surface area contributed by atoms with E-state index in [9.17, 15) is 9.59 Å². The molecule has 1 aliphatic carbocycles. The molecule has 2 heterocycles. The van der Waals surface area contributed by atoms with Crippen molar-refractivity contribution in [3.05, 3.63) is 27.9 Å². The van der Waals surface area contributed by atoms with Crippen molar-refractivity contribution in [3.8, 4) is 0 Å². The van der Waals surface area contributed by atoms with Crippen LogP contribution in [0.5, 0.6) is 0 Å². The van der Waals surface area contributed by atoms with E-state index in [0.29, 0.717) is 19.0 Å². The van der Waals surface area contributed by atoms with E-state index < -0.39 is 11.6 Å². The van der Waals surface area contributed by atoms with Gasteiger partial charge in [-0.3, -0.25) is 14.2 Å². The highest BCUT2D eigenvalue weighted by molar-refractivity contribution is 5.86. The molecule has 1 N–H and O–H groups in total. The zero-order chi connectivity index (χ0) is 12.8. The highest BCUT2D eigenvalue weighted by Crippen LogP contribution is 2.45. The number of carbonyl (C=O) groups is 1. The summed E-state index contributed by atoms with van der Waals surface area (Å²) in [6.45, 7) is 0.899. The molecule has 0 atom stereocenters. The largest absolute Gasteiger partial charge is 0.391 e. The van der Waals surface area contributed by atoms with Crippen LogP contribution in [0.1, 0.15) is 35.6 Å². The molecule has 1 saturated carbocycles. The second-order valence-electron chi connectivity index (χ2n) is 4.53. The van der Waals surface area contributed by atoms with Crippen LogP contribution in [0.4, 0.5) is 0 Å². The monoisotopic (exact) mass is 252 g/mol. The Bertz CT molecular complexity index is 561. The second-order valence-corrected chi connectivity index (χ2v) is 4.53. The van der Waals surface area contributed by atoms with Crippen molar-refractivity contribution in [3.63, 3.8) is 0 Å². The first-order valence-corrected chi connectivity index (χ1v) is 5.78. The quantitative estimate of drug-likeness (QED) is 0.570. The number of carbonyl (C=O) groups excluding carboxylic acids is 1. The van der Waals surface area contributed by atoms with E-state index in [4.69, 9.17) is 9.99 Å². The van der Waals surface area contributed by atoms with Crippen molar-refractivity contribution in [1.82, 2.24) is 9.55 Å². The van der Waals surface area contributed by atoms with Gasteiger partial charge in [-0.2, -0.15) is 5.26 Å². The molecule has 96 valence electrons. The van der Waals surface area contributed by atoms with E-state index in [1.54, 1.807) is 0 Å². The Labute approximate surface area is 102 Å². The summed E-state index contributed by atoms with van der Waals surface area (Å²) in [6.07, 6.45) is 2.58. The lowest BCUT2D eigenvalue weighted by Crippen LogP contribution is -2.48.